The summed E-state index contributed by atoms with van der Waals surface area (Å²) in [7, 11) is 0. The van der Waals surface area contributed by atoms with E-state index < -0.39 is 0 Å². The Morgan fingerprint density at radius 3 is 2.88 bits per heavy atom. The molecule has 0 saturated carbocycles. The van der Waals surface area contributed by atoms with Gasteiger partial charge in [-0.2, -0.15) is 0 Å². The summed E-state index contributed by atoms with van der Waals surface area (Å²) >= 11 is 0. The third kappa shape index (κ3) is 0.832. The summed E-state index contributed by atoms with van der Waals surface area (Å²) in [5.41, 5.74) is 0.885. The molecule has 8 heavy (non-hydrogen) atoms. The van der Waals surface area contributed by atoms with Crippen LogP contribution in [0.5, 0.6) is 0 Å². The molecule has 0 radical (unpaired) electrons. The topological polar surface area (TPSA) is 29.5 Å². The third-order valence-corrected chi connectivity index (χ3v) is 1.09. The SMILES string of the molecule is CC1=C(O)COC=C1. The number of ether oxygens (including phenoxy) is 1. The Bertz CT molecular complexity index is 145. The molecular weight excluding hydrogens is 104 g/mol. The molecular formula is C6H8O2. The van der Waals surface area contributed by atoms with Gasteiger partial charge in [-0.25, -0.2) is 0 Å². The van der Waals surface area contributed by atoms with E-state index >= 15 is 0 Å². The molecule has 1 aliphatic rings. The lowest BCUT2D eigenvalue weighted by atomic mass is 10.2. The first kappa shape index (κ1) is 5.22. The Morgan fingerprint density at radius 2 is 2.50 bits per heavy atom. The summed E-state index contributed by atoms with van der Waals surface area (Å²) in [4.78, 5) is 0. The molecule has 2 nitrogen and oxygen atoms in total. The van der Waals surface area contributed by atoms with Crippen molar-refractivity contribution in [3.8, 4) is 0 Å². The van der Waals surface area contributed by atoms with Crippen LogP contribution in [0.3, 0.4) is 0 Å². The van der Waals surface area contributed by atoms with E-state index in [0.717, 1.165) is 5.57 Å². The van der Waals surface area contributed by atoms with Crippen molar-refractivity contribution in [2.24, 2.45) is 0 Å². The van der Waals surface area contributed by atoms with E-state index in [1.54, 1.807) is 12.3 Å². The van der Waals surface area contributed by atoms with E-state index in [9.17, 15) is 0 Å². The first-order chi connectivity index (χ1) is 3.80. The van der Waals surface area contributed by atoms with Crippen molar-refractivity contribution < 1.29 is 9.84 Å². The zero-order chi connectivity index (χ0) is 5.98. The molecule has 0 spiro atoms. The van der Waals surface area contributed by atoms with Gasteiger partial charge in [-0.3, -0.25) is 0 Å². The zero-order valence-corrected chi connectivity index (χ0v) is 4.72. The molecule has 44 valence electrons. The summed E-state index contributed by atoms with van der Waals surface area (Å²) in [6.07, 6.45) is 3.31. The molecule has 2 heteroatoms. The van der Waals surface area contributed by atoms with E-state index in [1.807, 2.05) is 6.92 Å². The quantitative estimate of drug-likeness (QED) is 0.512. The Labute approximate surface area is 48.1 Å². The largest absolute Gasteiger partial charge is 0.508 e. The van der Waals surface area contributed by atoms with Crippen molar-refractivity contribution in [3.63, 3.8) is 0 Å². The molecule has 0 unspecified atom stereocenters. The van der Waals surface area contributed by atoms with E-state index in [0.29, 0.717) is 12.4 Å². The molecule has 0 aromatic carbocycles. The van der Waals surface area contributed by atoms with Crippen LogP contribution >= 0.6 is 0 Å². The van der Waals surface area contributed by atoms with Crippen LogP contribution in [0.15, 0.2) is 23.7 Å². The molecule has 1 N–H and O–H groups in total. The van der Waals surface area contributed by atoms with Gasteiger partial charge < -0.3 is 9.84 Å². The monoisotopic (exact) mass is 112 g/mol. The second-order valence-electron chi connectivity index (χ2n) is 1.74. The fraction of sp³-hybridized carbons (Fsp3) is 0.333. The van der Waals surface area contributed by atoms with Crippen LogP contribution in [-0.4, -0.2) is 11.7 Å². The average Bonchev–Trinajstić information content (AvgIpc) is 1.77. The minimum absolute atomic E-state index is 0.322. The van der Waals surface area contributed by atoms with Gasteiger partial charge >= 0.3 is 0 Å². The maximum Gasteiger partial charge on any atom is 0.144 e. The summed E-state index contributed by atoms with van der Waals surface area (Å²) in [5, 5.41) is 8.88. The normalized spacial score (nSPS) is 18.6. The number of allylic oxidation sites excluding steroid dienone is 2. The first-order valence-electron chi connectivity index (χ1n) is 2.47. The Morgan fingerprint density at radius 1 is 1.75 bits per heavy atom. The smallest absolute Gasteiger partial charge is 0.144 e. The predicted molar refractivity (Wildman–Crippen MR) is 30.4 cm³/mol. The summed E-state index contributed by atoms with van der Waals surface area (Å²) in [5.74, 6) is 0.326. The van der Waals surface area contributed by atoms with Gasteiger partial charge in [0, 0.05) is 0 Å². The minimum Gasteiger partial charge on any atom is -0.508 e. The molecule has 0 aromatic heterocycles. The molecule has 1 aliphatic heterocycles. The zero-order valence-electron chi connectivity index (χ0n) is 4.72. The lowest BCUT2D eigenvalue weighted by Gasteiger charge is -2.06. The summed E-state index contributed by atoms with van der Waals surface area (Å²) in [6.45, 7) is 2.16. The van der Waals surface area contributed by atoms with Crippen molar-refractivity contribution in [1.82, 2.24) is 0 Å². The van der Waals surface area contributed by atoms with Crippen molar-refractivity contribution in [2.75, 3.05) is 6.61 Å². The first-order valence-corrected chi connectivity index (χ1v) is 2.47. The molecule has 0 bridgehead atoms. The number of hydrogen-bond donors (Lipinski definition) is 1. The highest BCUT2D eigenvalue weighted by Gasteiger charge is 2.00. The summed E-state index contributed by atoms with van der Waals surface area (Å²) in [6, 6.07) is 0. The van der Waals surface area contributed by atoms with Gasteiger partial charge in [0.2, 0.25) is 0 Å². The van der Waals surface area contributed by atoms with Crippen LogP contribution in [0.4, 0.5) is 0 Å². The fourth-order valence-electron chi connectivity index (χ4n) is 0.487. The molecule has 1 heterocycles. The van der Waals surface area contributed by atoms with Crippen LogP contribution in [0.1, 0.15) is 6.92 Å². The maximum absolute atomic E-state index is 8.88. The molecule has 1 rings (SSSR count). The van der Waals surface area contributed by atoms with Crippen LogP contribution in [0, 0.1) is 0 Å². The second-order valence-corrected chi connectivity index (χ2v) is 1.74. The minimum atomic E-state index is 0.322. The van der Waals surface area contributed by atoms with Gasteiger partial charge in [0.15, 0.2) is 0 Å². The van der Waals surface area contributed by atoms with Gasteiger partial charge in [-0.1, -0.05) is 0 Å². The molecule has 0 aliphatic carbocycles. The van der Waals surface area contributed by atoms with Gasteiger partial charge in [0.25, 0.3) is 0 Å². The van der Waals surface area contributed by atoms with Crippen molar-refractivity contribution >= 4 is 0 Å². The molecule has 0 aromatic rings. The number of rotatable bonds is 0. The standard InChI is InChI=1S/C6H8O2/c1-5-2-3-8-4-6(5)7/h2-3,7H,4H2,1H3. The Hall–Kier alpha value is -0.920. The Kier molecular flexibility index (Phi) is 1.24. The summed E-state index contributed by atoms with van der Waals surface area (Å²) < 4.78 is 4.76. The predicted octanol–water partition coefficient (Wildman–Crippen LogP) is 1.36. The van der Waals surface area contributed by atoms with E-state index in [-0.39, 0.29) is 0 Å². The maximum atomic E-state index is 8.88. The third-order valence-electron chi connectivity index (χ3n) is 1.09. The van der Waals surface area contributed by atoms with E-state index in [1.165, 1.54) is 0 Å². The van der Waals surface area contributed by atoms with Gasteiger partial charge in [0.05, 0.1) is 6.26 Å². The van der Waals surface area contributed by atoms with E-state index in [4.69, 9.17) is 9.84 Å². The number of hydrogen-bond acceptors (Lipinski definition) is 2. The molecule has 0 atom stereocenters. The van der Waals surface area contributed by atoms with Gasteiger partial charge in [-0.05, 0) is 18.6 Å². The van der Waals surface area contributed by atoms with Crippen LogP contribution in [0.25, 0.3) is 0 Å². The highest BCUT2D eigenvalue weighted by Crippen LogP contribution is 2.07. The Balaban J connectivity index is 2.76. The van der Waals surface area contributed by atoms with Gasteiger partial charge in [0.1, 0.15) is 12.4 Å². The molecule has 0 saturated heterocycles. The van der Waals surface area contributed by atoms with Crippen LogP contribution in [0.2, 0.25) is 0 Å². The van der Waals surface area contributed by atoms with Crippen molar-refractivity contribution in [1.29, 1.82) is 0 Å². The second kappa shape index (κ2) is 1.90. The van der Waals surface area contributed by atoms with E-state index in [2.05, 4.69) is 0 Å². The van der Waals surface area contributed by atoms with Crippen LogP contribution < -0.4 is 0 Å². The van der Waals surface area contributed by atoms with Gasteiger partial charge in [-0.15, -0.1) is 0 Å². The fourth-order valence-corrected chi connectivity index (χ4v) is 0.487. The number of aliphatic hydroxyl groups is 1. The number of aliphatic hydroxyl groups excluding tert-OH is 1. The van der Waals surface area contributed by atoms with Crippen LogP contribution in [-0.2, 0) is 4.74 Å². The molecule has 0 amide bonds. The van der Waals surface area contributed by atoms with Crippen molar-refractivity contribution in [3.05, 3.63) is 23.7 Å². The highest BCUT2D eigenvalue weighted by molar-refractivity contribution is 5.20. The lowest BCUT2D eigenvalue weighted by Crippen LogP contribution is -1.98. The molecule has 0 fully saturated rings. The lowest BCUT2D eigenvalue weighted by molar-refractivity contribution is 0.214. The van der Waals surface area contributed by atoms with Crippen molar-refractivity contribution in [2.45, 2.75) is 6.92 Å². The highest BCUT2D eigenvalue weighted by atomic mass is 16.5. The average molecular weight is 112 g/mol.